The van der Waals surface area contributed by atoms with Crippen LogP contribution in [0.2, 0.25) is 0 Å². The van der Waals surface area contributed by atoms with Gasteiger partial charge < -0.3 is 18.9 Å². The Balaban J connectivity index is 1.48. The standard InChI is InChI=1S/C25H26N2O4S/c1-17-20(18(2)31-26-17)16-30-22-11-9-19(15-23(22)29-3)10-12-25(28)27-13-6-14-32-24-8-5-4-7-21(24)27/h4-5,7-12,15H,6,13-14,16H2,1-3H3/b12-10+. The molecule has 7 heteroatoms. The molecular formula is C25H26N2O4S. The number of rotatable bonds is 6. The summed E-state index contributed by atoms with van der Waals surface area (Å²) < 4.78 is 16.6. The number of hydrogen-bond donors (Lipinski definition) is 0. The molecule has 0 saturated heterocycles. The lowest BCUT2D eigenvalue weighted by atomic mass is 10.1. The van der Waals surface area contributed by atoms with Gasteiger partial charge in [0.2, 0.25) is 0 Å². The maximum atomic E-state index is 13.0. The molecule has 3 aromatic rings. The highest BCUT2D eigenvalue weighted by Gasteiger charge is 2.19. The number of para-hydroxylation sites is 1. The predicted octanol–water partition coefficient (Wildman–Crippen LogP) is 5.42. The molecule has 1 aliphatic rings. The summed E-state index contributed by atoms with van der Waals surface area (Å²) in [6, 6.07) is 13.7. The molecule has 0 unspecified atom stereocenters. The number of aryl methyl sites for hydroxylation is 2. The maximum absolute atomic E-state index is 13.0. The number of fused-ring (bicyclic) bond motifs is 1. The molecule has 0 N–H and O–H groups in total. The van der Waals surface area contributed by atoms with Crippen LogP contribution < -0.4 is 14.4 Å². The number of carbonyl (C=O) groups is 1. The van der Waals surface area contributed by atoms with Gasteiger partial charge in [-0.2, -0.15) is 0 Å². The van der Waals surface area contributed by atoms with Crippen molar-refractivity contribution in [1.82, 2.24) is 5.16 Å². The molecule has 166 valence electrons. The van der Waals surface area contributed by atoms with Crippen LogP contribution in [0.4, 0.5) is 5.69 Å². The van der Waals surface area contributed by atoms with E-state index < -0.39 is 0 Å². The van der Waals surface area contributed by atoms with E-state index >= 15 is 0 Å². The first-order valence-electron chi connectivity index (χ1n) is 10.5. The fraction of sp³-hybridized carbons (Fsp3) is 0.280. The van der Waals surface area contributed by atoms with Gasteiger partial charge in [0, 0.05) is 17.5 Å². The Morgan fingerprint density at radius 2 is 2.06 bits per heavy atom. The Morgan fingerprint density at radius 1 is 1.22 bits per heavy atom. The smallest absolute Gasteiger partial charge is 0.251 e. The molecule has 0 fully saturated rings. The molecule has 0 bridgehead atoms. The number of benzene rings is 2. The summed E-state index contributed by atoms with van der Waals surface area (Å²) in [5, 5.41) is 3.95. The first kappa shape index (κ1) is 22.0. The number of carbonyl (C=O) groups excluding carboxylic acids is 1. The summed E-state index contributed by atoms with van der Waals surface area (Å²) in [6.07, 6.45) is 4.39. The van der Waals surface area contributed by atoms with Crippen molar-refractivity contribution >= 4 is 29.4 Å². The monoisotopic (exact) mass is 450 g/mol. The molecule has 32 heavy (non-hydrogen) atoms. The Hall–Kier alpha value is -3.19. The summed E-state index contributed by atoms with van der Waals surface area (Å²) in [5.74, 6) is 2.94. The largest absolute Gasteiger partial charge is 0.493 e. The third kappa shape index (κ3) is 4.83. The van der Waals surface area contributed by atoms with E-state index in [0.717, 1.165) is 45.3 Å². The zero-order chi connectivity index (χ0) is 22.5. The molecular weight excluding hydrogens is 424 g/mol. The van der Waals surface area contributed by atoms with Crippen molar-refractivity contribution < 1.29 is 18.8 Å². The van der Waals surface area contributed by atoms with E-state index in [1.807, 2.05) is 61.2 Å². The van der Waals surface area contributed by atoms with Gasteiger partial charge in [-0.15, -0.1) is 11.8 Å². The van der Waals surface area contributed by atoms with E-state index in [1.165, 1.54) is 0 Å². The third-order valence-electron chi connectivity index (χ3n) is 5.36. The normalized spacial score (nSPS) is 13.7. The number of aromatic nitrogens is 1. The second kappa shape index (κ2) is 9.96. The van der Waals surface area contributed by atoms with Crippen LogP contribution in [0.1, 0.15) is 29.0 Å². The van der Waals surface area contributed by atoms with E-state index in [9.17, 15) is 4.79 Å². The van der Waals surface area contributed by atoms with E-state index in [-0.39, 0.29) is 5.91 Å². The summed E-state index contributed by atoms with van der Waals surface area (Å²) >= 11 is 1.80. The number of hydrogen-bond acceptors (Lipinski definition) is 6. The van der Waals surface area contributed by atoms with Crippen LogP contribution >= 0.6 is 11.8 Å². The quantitative estimate of drug-likeness (QED) is 0.467. The fourth-order valence-electron chi connectivity index (χ4n) is 3.58. The van der Waals surface area contributed by atoms with E-state index in [1.54, 1.807) is 24.9 Å². The van der Waals surface area contributed by atoms with Gasteiger partial charge in [-0.1, -0.05) is 23.4 Å². The lowest BCUT2D eigenvalue weighted by Gasteiger charge is -2.20. The molecule has 2 heterocycles. The van der Waals surface area contributed by atoms with Gasteiger partial charge in [0.1, 0.15) is 12.4 Å². The Morgan fingerprint density at radius 3 is 2.84 bits per heavy atom. The number of thioether (sulfide) groups is 1. The lowest BCUT2D eigenvalue weighted by Crippen LogP contribution is -2.30. The van der Waals surface area contributed by atoms with Crippen molar-refractivity contribution in [3.05, 3.63) is 71.1 Å². The van der Waals surface area contributed by atoms with Gasteiger partial charge >= 0.3 is 0 Å². The number of nitrogens with zero attached hydrogens (tertiary/aromatic N) is 2. The molecule has 0 spiro atoms. The fourth-order valence-corrected chi connectivity index (χ4v) is 4.57. The average molecular weight is 451 g/mol. The van der Waals surface area contributed by atoms with Crippen LogP contribution in [0.3, 0.4) is 0 Å². The summed E-state index contributed by atoms with van der Waals surface area (Å²) in [6.45, 7) is 4.81. The second-order valence-electron chi connectivity index (χ2n) is 7.49. The van der Waals surface area contributed by atoms with Crippen LogP contribution in [0.25, 0.3) is 6.08 Å². The lowest BCUT2D eigenvalue weighted by molar-refractivity contribution is -0.114. The molecule has 4 rings (SSSR count). The summed E-state index contributed by atoms with van der Waals surface area (Å²) in [5.41, 5.74) is 3.58. The Bertz CT molecular complexity index is 1120. The molecule has 1 aliphatic heterocycles. The van der Waals surface area contributed by atoms with E-state index in [0.29, 0.717) is 24.7 Å². The van der Waals surface area contributed by atoms with Crippen molar-refractivity contribution in [1.29, 1.82) is 0 Å². The van der Waals surface area contributed by atoms with Gasteiger partial charge in [-0.3, -0.25) is 4.79 Å². The predicted molar refractivity (Wildman–Crippen MR) is 126 cm³/mol. The highest BCUT2D eigenvalue weighted by Crippen LogP contribution is 2.34. The highest BCUT2D eigenvalue weighted by molar-refractivity contribution is 7.99. The first-order valence-corrected chi connectivity index (χ1v) is 11.5. The first-order chi connectivity index (χ1) is 15.6. The molecule has 6 nitrogen and oxygen atoms in total. The van der Waals surface area contributed by atoms with Gasteiger partial charge in [0.15, 0.2) is 11.5 Å². The number of methoxy groups -OCH3 is 1. The van der Waals surface area contributed by atoms with Crippen LogP contribution in [0, 0.1) is 13.8 Å². The minimum Gasteiger partial charge on any atom is -0.493 e. The summed E-state index contributed by atoms with van der Waals surface area (Å²) in [4.78, 5) is 16.0. The molecule has 0 atom stereocenters. The van der Waals surface area contributed by atoms with Crippen LogP contribution in [-0.4, -0.2) is 30.5 Å². The molecule has 0 aliphatic carbocycles. The zero-order valence-corrected chi connectivity index (χ0v) is 19.3. The number of anilines is 1. The van der Waals surface area contributed by atoms with Gasteiger partial charge in [-0.05, 0) is 61.9 Å². The molecule has 1 amide bonds. The van der Waals surface area contributed by atoms with E-state index in [2.05, 4.69) is 11.2 Å². The van der Waals surface area contributed by atoms with Gasteiger partial charge in [0.25, 0.3) is 5.91 Å². The number of amides is 1. The van der Waals surface area contributed by atoms with Crippen LogP contribution in [0.5, 0.6) is 11.5 Å². The Kier molecular flexibility index (Phi) is 6.85. The zero-order valence-electron chi connectivity index (χ0n) is 18.5. The van der Waals surface area contributed by atoms with Crippen molar-refractivity contribution in [2.45, 2.75) is 31.8 Å². The average Bonchev–Trinajstić information content (AvgIpc) is 3.00. The van der Waals surface area contributed by atoms with Gasteiger partial charge in [-0.25, -0.2) is 0 Å². The van der Waals surface area contributed by atoms with Crippen molar-refractivity contribution in [2.75, 3.05) is 24.3 Å². The second-order valence-corrected chi connectivity index (χ2v) is 8.63. The molecule has 0 radical (unpaired) electrons. The summed E-state index contributed by atoms with van der Waals surface area (Å²) in [7, 11) is 1.60. The topological polar surface area (TPSA) is 64.8 Å². The van der Waals surface area contributed by atoms with Crippen molar-refractivity contribution in [3.8, 4) is 11.5 Å². The highest BCUT2D eigenvalue weighted by atomic mass is 32.2. The van der Waals surface area contributed by atoms with Crippen LogP contribution in [0.15, 0.2) is 58.0 Å². The van der Waals surface area contributed by atoms with E-state index in [4.69, 9.17) is 14.0 Å². The molecule has 1 aromatic heterocycles. The SMILES string of the molecule is COc1cc(/C=C/C(=O)N2CCCSc3ccccc32)ccc1OCc1c(C)noc1C. The van der Waals surface area contributed by atoms with Crippen LogP contribution in [-0.2, 0) is 11.4 Å². The molecule has 2 aromatic carbocycles. The maximum Gasteiger partial charge on any atom is 0.251 e. The minimum absolute atomic E-state index is 0.0300. The minimum atomic E-state index is -0.0300. The van der Waals surface area contributed by atoms with Crippen molar-refractivity contribution in [2.24, 2.45) is 0 Å². The van der Waals surface area contributed by atoms with Gasteiger partial charge in [0.05, 0.1) is 24.1 Å². The molecule has 0 saturated carbocycles. The Labute approximate surface area is 192 Å². The third-order valence-corrected chi connectivity index (χ3v) is 6.51. The van der Waals surface area contributed by atoms with Crippen molar-refractivity contribution in [3.63, 3.8) is 0 Å². The number of ether oxygens (including phenoxy) is 2.